The average Bonchev–Trinajstić information content (AvgIpc) is 3.21. The van der Waals surface area contributed by atoms with Crippen molar-refractivity contribution in [2.45, 2.75) is 70.5 Å². The molecule has 110 valence electrons. The standard InChI is InChI=1S/C15H26N2O.ClH/c1-10-9-13(7-8-16-10)15(18)17(14-5-6-14)11(2)12-3-4-12;/h10-14,16H,3-9H2,1-2H3;1H/t10-,11?,13-;/m0./s1. The number of amides is 1. The van der Waals surface area contributed by atoms with E-state index in [0.717, 1.165) is 25.3 Å². The van der Waals surface area contributed by atoms with Crippen LogP contribution in [0.5, 0.6) is 0 Å². The summed E-state index contributed by atoms with van der Waals surface area (Å²) in [6.45, 7) is 5.48. The van der Waals surface area contributed by atoms with Crippen LogP contribution < -0.4 is 5.32 Å². The normalized spacial score (nSPS) is 32.3. The molecule has 1 unspecified atom stereocenters. The SMILES string of the molecule is CC(C1CC1)N(C(=O)[C@H]1CCN[C@@H](C)C1)C1CC1.Cl. The van der Waals surface area contributed by atoms with Gasteiger partial charge in [-0.1, -0.05) is 0 Å². The van der Waals surface area contributed by atoms with Crippen molar-refractivity contribution in [2.75, 3.05) is 6.54 Å². The molecule has 0 aromatic rings. The van der Waals surface area contributed by atoms with E-state index in [1.165, 1.54) is 25.7 Å². The molecule has 0 aromatic carbocycles. The van der Waals surface area contributed by atoms with Gasteiger partial charge < -0.3 is 10.2 Å². The molecule has 1 heterocycles. The molecule has 3 fully saturated rings. The highest BCUT2D eigenvalue weighted by Gasteiger charge is 2.43. The zero-order valence-corrected chi connectivity index (χ0v) is 12.9. The van der Waals surface area contributed by atoms with Gasteiger partial charge >= 0.3 is 0 Å². The van der Waals surface area contributed by atoms with Crippen LogP contribution in [0, 0.1) is 11.8 Å². The lowest BCUT2D eigenvalue weighted by Gasteiger charge is -2.36. The largest absolute Gasteiger partial charge is 0.336 e. The topological polar surface area (TPSA) is 32.3 Å². The molecule has 0 radical (unpaired) electrons. The summed E-state index contributed by atoms with van der Waals surface area (Å²) in [6.07, 6.45) is 7.20. The molecule has 3 aliphatic rings. The van der Waals surface area contributed by atoms with Crippen LogP contribution in [0.2, 0.25) is 0 Å². The summed E-state index contributed by atoms with van der Waals surface area (Å²) in [4.78, 5) is 15.1. The number of piperidine rings is 1. The molecular formula is C15H27ClN2O. The van der Waals surface area contributed by atoms with E-state index in [1.807, 2.05) is 0 Å². The summed E-state index contributed by atoms with van der Waals surface area (Å²) in [5, 5.41) is 3.44. The third-order valence-corrected chi connectivity index (χ3v) is 4.91. The zero-order chi connectivity index (χ0) is 12.7. The first kappa shape index (κ1) is 15.1. The predicted molar refractivity (Wildman–Crippen MR) is 79.5 cm³/mol. The van der Waals surface area contributed by atoms with E-state index in [9.17, 15) is 4.79 Å². The summed E-state index contributed by atoms with van der Waals surface area (Å²) in [5.74, 6) is 1.54. The fourth-order valence-corrected chi connectivity index (χ4v) is 3.44. The quantitative estimate of drug-likeness (QED) is 0.861. The van der Waals surface area contributed by atoms with Gasteiger partial charge in [0.05, 0.1) is 0 Å². The average molecular weight is 287 g/mol. The summed E-state index contributed by atoms with van der Waals surface area (Å²) in [5.41, 5.74) is 0. The van der Waals surface area contributed by atoms with Crippen LogP contribution in [0.4, 0.5) is 0 Å². The molecule has 3 rings (SSSR count). The Labute approximate surface area is 122 Å². The van der Waals surface area contributed by atoms with Crippen molar-refractivity contribution in [3.05, 3.63) is 0 Å². The zero-order valence-electron chi connectivity index (χ0n) is 12.1. The summed E-state index contributed by atoms with van der Waals surface area (Å²) in [6, 6.07) is 1.58. The lowest BCUT2D eigenvalue weighted by molar-refractivity contribution is -0.140. The van der Waals surface area contributed by atoms with Crippen molar-refractivity contribution in [1.82, 2.24) is 10.2 Å². The van der Waals surface area contributed by atoms with E-state index < -0.39 is 0 Å². The third-order valence-electron chi connectivity index (χ3n) is 4.91. The molecule has 3 nitrogen and oxygen atoms in total. The Morgan fingerprint density at radius 3 is 2.42 bits per heavy atom. The van der Waals surface area contributed by atoms with Crippen molar-refractivity contribution in [3.63, 3.8) is 0 Å². The van der Waals surface area contributed by atoms with Crippen molar-refractivity contribution >= 4 is 18.3 Å². The van der Waals surface area contributed by atoms with Gasteiger partial charge in [0.15, 0.2) is 0 Å². The number of hydrogen-bond acceptors (Lipinski definition) is 2. The summed E-state index contributed by atoms with van der Waals surface area (Å²) in [7, 11) is 0. The number of rotatable bonds is 4. The molecular weight excluding hydrogens is 260 g/mol. The fourth-order valence-electron chi connectivity index (χ4n) is 3.44. The van der Waals surface area contributed by atoms with Gasteiger partial charge in [-0.15, -0.1) is 12.4 Å². The highest BCUT2D eigenvalue weighted by Crippen LogP contribution is 2.40. The third kappa shape index (κ3) is 3.43. The fraction of sp³-hybridized carbons (Fsp3) is 0.933. The smallest absolute Gasteiger partial charge is 0.226 e. The minimum absolute atomic E-state index is 0. The Morgan fingerprint density at radius 1 is 1.21 bits per heavy atom. The Hall–Kier alpha value is -0.280. The molecule has 19 heavy (non-hydrogen) atoms. The molecule has 0 spiro atoms. The Balaban J connectivity index is 0.00000133. The molecule has 0 bridgehead atoms. The molecule has 0 aromatic heterocycles. The Kier molecular flexibility index (Phi) is 4.78. The van der Waals surface area contributed by atoms with Gasteiger partial charge in [0.25, 0.3) is 0 Å². The second-order valence-electron chi connectivity index (χ2n) is 6.63. The van der Waals surface area contributed by atoms with Gasteiger partial charge in [-0.2, -0.15) is 0 Å². The van der Waals surface area contributed by atoms with Crippen LogP contribution in [-0.4, -0.2) is 35.5 Å². The van der Waals surface area contributed by atoms with Gasteiger partial charge in [0.2, 0.25) is 5.91 Å². The first-order chi connectivity index (χ1) is 8.66. The number of nitrogens with one attached hydrogen (secondary N) is 1. The van der Waals surface area contributed by atoms with Gasteiger partial charge in [-0.25, -0.2) is 0 Å². The van der Waals surface area contributed by atoms with Gasteiger partial charge in [0.1, 0.15) is 0 Å². The highest BCUT2D eigenvalue weighted by atomic mass is 35.5. The van der Waals surface area contributed by atoms with Crippen LogP contribution >= 0.6 is 12.4 Å². The second kappa shape index (κ2) is 6.01. The monoisotopic (exact) mass is 286 g/mol. The molecule has 1 saturated heterocycles. The maximum atomic E-state index is 12.8. The second-order valence-corrected chi connectivity index (χ2v) is 6.63. The van der Waals surface area contributed by atoms with Gasteiger partial charge in [-0.05, 0) is 64.8 Å². The summed E-state index contributed by atoms with van der Waals surface area (Å²) < 4.78 is 0. The van der Waals surface area contributed by atoms with E-state index >= 15 is 0 Å². The number of hydrogen-bond donors (Lipinski definition) is 1. The van der Waals surface area contributed by atoms with E-state index in [2.05, 4.69) is 24.1 Å². The van der Waals surface area contributed by atoms with Crippen LogP contribution in [-0.2, 0) is 4.79 Å². The lowest BCUT2D eigenvalue weighted by atomic mass is 9.91. The van der Waals surface area contributed by atoms with Crippen molar-refractivity contribution < 1.29 is 4.79 Å². The minimum atomic E-state index is 0. The first-order valence-corrected chi connectivity index (χ1v) is 7.72. The molecule has 3 atom stereocenters. The van der Waals surface area contributed by atoms with Crippen molar-refractivity contribution in [1.29, 1.82) is 0 Å². The molecule has 2 saturated carbocycles. The van der Waals surface area contributed by atoms with E-state index in [0.29, 0.717) is 24.0 Å². The number of halogens is 1. The van der Waals surface area contributed by atoms with E-state index in [-0.39, 0.29) is 18.3 Å². The number of nitrogens with zero attached hydrogens (tertiary/aromatic N) is 1. The Bertz CT molecular complexity index is 328. The molecule has 1 amide bonds. The molecule has 1 aliphatic heterocycles. The highest BCUT2D eigenvalue weighted by molar-refractivity contribution is 5.85. The lowest BCUT2D eigenvalue weighted by Crippen LogP contribution is -2.48. The number of carbonyl (C=O) groups excluding carboxylic acids is 1. The van der Waals surface area contributed by atoms with Crippen LogP contribution in [0.1, 0.15) is 52.4 Å². The van der Waals surface area contributed by atoms with Crippen LogP contribution in [0.25, 0.3) is 0 Å². The minimum Gasteiger partial charge on any atom is -0.336 e. The maximum absolute atomic E-state index is 12.8. The van der Waals surface area contributed by atoms with Crippen molar-refractivity contribution in [3.8, 4) is 0 Å². The maximum Gasteiger partial charge on any atom is 0.226 e. The predicted octanol–water partition coefficient (Wildman–Crippen LogP) is 2.59. The van der Waals surface area contributed by atoms with Crippen LogP contribution in [0.15, 0.2) is 0 Å². The number of carbonyl (C=O) groups is 1. The van der Waals surface area contributed by atoms with E-state index in [4.69, 9.17) is 0 Å². The summed E-state index contributed by atoms with van der Waals surface area (Å²) >= 11 is 0. The molecule has 2 aliphatic carbocycles. The molecule has 4 heteroatoms. The van der Waals surface area contributed by atoms with Crippen LogP contribution in [0.3, 0.4) is 0 Å². The van der Waals surface area contributed by atoms with Gasteiger partial charge in [0, 0.05) is 24.0 Å². The van der Waals surface area contributed by atoms with E-state index in [1.54, 1.807) is 0 Å². The van der Waals surface area contributed by atoms with Crippen molar-refractivity contribution in [2.24, 2.45) is 11.8 Å². The Morgan fingerprint density at radius 2 is 1.89 bits per heavy atom. The first-order valence-electron chi connectivity index (χ1n) is 7.72. The molecule has 1 N–H and O–H groups in total. The van der Waals surface area contributed by atoms with Gasteiger partial charge in [-0.3, -0.25) is 4.79 Å².